The predicted molar refractivity (Wildman–Crippen MR) is 54.8 cm³/mol. The summed E-state index contributed by atoms with van der Waals surface area (Å²) in [6.07, 6.45) is -1.05. The Balaban J connectivity index is 2.27. The average molecular weight is 228 g/mol. The van der Waals surface area contributed by atoms with Crippen molar-refractivity contribution in [2.24, 2.45) is 0 Å². The van der Waals surface area contributed by atoms with Gasteiger partial charge < -0.3 is 14.9 Å². The van der Waals surface area contributed by atoms with E-state index in [1.165, 1.54) is 18.2 Å². The molecular formula is C11H13FO4. The zero-order chi connectivity index (χ0) is 12.0. The highest BCUT2D eigenvalue weighted by Crippen LogP contribution is 2.12. The first kappa shape index (κ1) is 12.4. The molecule has 0 heterocycles. The molecule has 0 spiro atoms. The fourth-order valence-electron chi connectivity index (χ4n) is 1.17. The van der Waals surface area contributed by atoms with Gasteiger partial charge >= 0.3 is 5.97 Å². The van der Waals surface area contributed by atoms with Crippen molar-refractivity contribution in [3.05, 3.63) is 30.1 Å². The molecule has 1 aromatic rings. The van der Waals surface area contributed by atoms with Gasteiger partial charge in [-0.2, -0.15) is 0 Å². The quantitative estimate of drug-likeness (QED) is 0.773. The van der Waals surface area contributed by atoms with Gasteiger partial charge in [-0.3, -0.25) is 4.79 Å². The molecule has 1 atom stereocenters. The fraction of sp³-hybridized carbons (Fsp3) is 0.364. The van der Waals surface area contributed by atoms with E-state index in [1.807, 2.05) is 0 Å². The Bertz CT molecular complexity index is 354. The highest BCUT2D eigenvalue weighted by atomic mass is 19.1. The molecule has 0 aliphatic rings. The SMILES string of the molecule is O=C(O)C[C@@H](O)CCOc1cccc(F)c1. The van der Waals surface area contributed by atoms with E-state index in [9.17, 15) is 14.3 Å². The minimum atomic E-state index is -1.06. The zero-order valence-electron chi connectivity index (χ0n) is 8.60. The molecule has 0 fully saturated rings. The van der Waals surface area contributed by atoms with Crippen molar-refractivity contribution in [2.75, 3.05) is 6.61 Å². The summed E-state index contributed by atoms with van der Waals surface area (Å²) < 4.78 is 17.9. The third-order valence-electron chi connectivity index (χ3n) is 1.93. The summed E-state index contributed by atoms with van der Waals surface area (Å²) in [6, 6.07) is 5.63. The van der Waals surface area contributed by atoms with Gasteiger partial charge in [-0.1, -0.05) is 6.07 Å². The van der Waals surface area contributed by atoms with Crippen LogP contribution in [0.15, 0.2) is 24.3 Å². The Labute approximate surface area is 92.3 Å². The Morgan fingerprint density at radius 1 is 1.50 bits per heavy atom. The van der Waals surface area contributed by atoms with E-state index < -0.39 is 17.9 Å². The first-order chi connectivity index (χ1) is 7.58. The van der Waals surface area contributed by atoms with E-state index >= 15 is 0 Å². The Kier molecular flexibility index (Phi) is 4.72. The highest BCUT2D eigenvalue weighted by Gasteiger charge is 2.09. The number of carboxylic acids is 1. The molecular weight excluding hydrogens is 215 g/mol. The lowest BCUT2D eigenvalue weighted by Gasteiger charge is -2.09. The number of aliphatic hydroxyl groups is 1. The van der Waals surface area contributed by atoms with E-state index in [-0.39, 0.29) is 19.4 Å². The molecule has 0 aliphatic carbocycles. The Morgan fingerprint density at radius 2 is 2.25 bits per heavy atom. The van der Waals surface area contributed by atoms with Crippen molar-refractivity contribution in [1.82, 2.24) is 0 Å². The van der Waals surface area contributed by atoms with Crippen LogP contribution in [0.2, 0.25) is 0 Å². The van der Waals surface area contributed by atoms with Crippen LogP contribution in [0, 0.1) is 5.82 Å². The van der Waals surface area contributed by atoms with E-state index in [1.54, 1.807) is 6.07 Å². The van der Waals surface area contributed by atoms with Gasteiger partial charge in [-0.05, 0) is 12.1 Å². The molecule has 0 aliphatic heterocycles. The van der Waals surface area contributed by atoms with Gasteiger partial charge in [-0.25, -0.2) is 4.39 Å². The number of benzene rings is 1. The standard InChI is InChI=1S/C11H13FO4/c12-8-2-1-3-10(6-8)16-5-4-9(13)7-11(14)15/h1-3,6,9,13H,4-5,7H2,(H,14,15)/t9-/m0/s1. The van der Waals surface area contributed by atoms with Gasteiger partial charge in [0.15, 0.2) is 0 Å². The van der Waals surface area contributed by atoms with E-state index in [2.05, 4.69) is 0 Å². The fourth-order valence-corrected chi connectivity index (χ4v) is 1.17. The Morgan fingerprint density at radius 3 is 2.88 bits per heavy atom. The first-order valence-electron chi connectivity index (χ1n) is 4.86. The molecule has 1 aromatic carbocycles. The smallest absolute Gasteiger partial charge is 0.305 e. The molecule has 16 heavy (non-hydrogen) atoms. The maximum Gasteiger partial charge on any atom is 0.305 e. The van der Waals surface area contributed by atoms with Crippen molar-refractivity contribution in [3.63, 3.8) is 0 Å². The summed E-state index contributed by atoms with van der Waals surface area (Å²) in [7, 11) is 0. The van der Waals surface area contributed by atoms with Crippen molar-refractivity contribution in [2.45, 2.75) is 18.9 Å². The molecule has 0 aromatic heterocycles. The minimum Gasteiger partial charge on any atom is -0.493 e. The maximum atomic E-state index is 12.7. The first-order valence-corrected chi connectivity index (χ1v) is 4.86. The predicted octanol–water partition coefficient (Wildman–Crippen LogP) is 1.43. The lowest BCUT2D eigenvalue weighted by Crippen LogP contribution is -2.16. The summed E-state index contributed by atoms with van der Waals surface area (Å²) in [5, 5.41) is 17.6. The Hall–Kier alpha value is -1.62. The molecule has 0 saturated carbocycles. The van der Waals surface area contributed by atoms with E-state index in [0.717, 1.165) is 0 Å². The summed E-state index contributed by atoms with van der Waals surface area (Å²) in [5.41, 5.74) is 0. The lowest BCUT2D eigenvalue weighted by atomic mass is 10.2. The van der Waals surface area contributed by atoms with Crippen LogP contribution in [0.4, 0.5) is 4.39 Å². The largest absolute Gasteiger partial charge is 0.493 e. The van der Waals surface area contributed by atoms with Gasteiger partial charge in [0, 0.05) is 12.5 Å². The van der Waals surface area contributed by atoms with Crippen molar-refractivity contribution < 1.29 is 24.1 Å². The normalized spacial score (nSPS) is 12.1. The molecule has 0 radical (unpaired) electrons. The summed E-state index contributed by atoms with van der Waals surface area (Å²) in [4.78, 5) is 10.2. The van der Waals surface area contributed by atoms with Crippen LogP contribution in [0.1, 0.15) is 12.8 Å². The molecule has 88 valence electrons. The zero-order valence-corrected chi connectivity index (χ0v) is 8.60. The number of carbonyl (C=O) groups is 1. The molecule has 0 amide bonds. The van der Waals surface area contributed by atoms with Crippen molar-refractivity contribution in [1.29, 1.82) is 0 Å². The van der Waals surface area contributed by atoms with Gasteiger partial charge in [0.1, 0.15) is 11.6 Å². The lowest BCUT2D eigenvalue weighted by molar-refractivity contribution is -0.139. The summed E-state index contributed by atoms with van der Waals surface area (Å²) in [6.45, 7) is 0.151. The third kappa shape index (κ3) is 4.75. The van der Waals surface area contributed by atoms with Crippen molar-refractivity contribution in [3.8, 4) is 5.75 Å². The number of aliphatic hydroxyl groups excluding tert-OH is 1. The number of carboxylic acid groups (broad SMARTS) is 1. The third-order valence-corrected chi connectivity index (χ3v) is 1.93. The molecule has 0 saturated heterocycles. The second-order valence-corrected chi connectivity index (χ2v) is 3.35. The minimum absolute atomic E-state index is 0.151. The topological polar surface area (TPSA) is 66.8 Å². The number of hydrogen-bond donors (Lipinski definition) is 2. The number of halogens is 1. The molecule has 0 unspecified atom stereocenters. The molecule has 4 nitrogen and oxygen atoms in total. The number of aliphatic carboxylic acids is 1. The van der Waals surface area contributed by atoms with Gasteiger partial charge in [0.25, 0.3) is 0 Å². The van der Waals surface area contributed by atoms with E-state index in [4.69, 9.17) is 9.84 Å². The van der Waals surface area contributed by atoms with Crippen molar-refractivity contribution >= 4 is 5.97 Å². The summed E-state index contributed by atoms with van der Waals surface area (Å²) in [5.74, 6) is -1.09. The highest BCUT2D eigenvalue weighted by molar-refractivity contribution is 5.67. The van der Waals surface area contributed by atoms with Crippen LogP contribution < -0.4 is 4.74 Å². The molecule has 1 rings (SSSR count). The van der Waals surface area contributed by atoms with E-state index in [0.29, 0.717) is 5.75 Å². The van der Waals surface area contributed by atoms with Gasteiger partial charge in [-0.15, -0.1) is 0 Å². The molecule has 0 bridgehead atoms. The van der Waals surface area contributed by atoms with Crippen LogP contribution in [0.5, 0.6) is 5.75 Å². The van der Waals surface area contributed by atoms with Crippen LogP contribution in [-0.4, -0.2) is 28.9 Å². The number of rotatable bonds is 6. The monoisotopic (exact) mass is 228 g/mol. The van der Waals surface area contributed by atoms with Crippen LogP contribution in [0.25, 0.3) is 0 Å². The van der Waals surface area contributed by atoms with Crippen LogP contribution in [0.3, 0.4) is 0 Å². The molecule has 5 heteroatoms. The average Bonchev–Trinajstić information content (AvgIpc) is 2.16. The second-order valence-electron chi connectivity index (χ2n) is 3.35. The maximum absolute atomic E-state index is 12.7. The number of ether oxygens (including phenoxy) is 1. The summed E-state index contributed by atoms with van der Waals surface area (Å²) >= 11 is 0. The number of hydrogen-bond acceptors (Lipinski definition) is 3. The van der Waals surface area contributed by atoms with Crippen LogP contribution in [-0.2, 0) is 4.79 Å². The van der Waals surface area contributed by atoms with Crippen LogP contribution >= 0.6 is 0 Å². The second kappa shape index (κ2) is 6.07. The van der Waals surface area contributed by atoms with Gasteiger partial charge in [0.2, 0.25) is 0 Å². The van der Waals surface area contributed by atoms with Gasteiger partial charge in [0.05, 0.1) is 19.1 Å². The molecule has 2 N–H and O–H groups in total.